The van der Waals surface area contributed by atoms with E-state index in [1.54, 1.807) is 6.92 Å². The molecular weight excluding hydrogens is 789 g/mol. The van der Waals surface area contributed by atoms with Crippen molar-refractivity contribution < 1.29 is 48.0 Å². The molecule has 3 aliphatic carbocycles. The van der Waals surface area contributed by atoms with Gasteiger partial charge < -0.3 is 63.5 Å². The van der Waals surface area contributed by atoms with Gasteiger partial charge in [0, 0.05) is 19.4 Å². The minimum Gasteiger partial charge on any atom is -0.404 e. The average Bonchev–Trinajstić information content (AvgIpc) is 3.56. The molecule has 4 rings (SSSR count). The van der Waals surface area contributed by atoms with Crippen LogP contribution in [-0.4, -0.2) is 115 Å². The Labute approximate surface area is 361 Å². The lowest BCUT2D eigenvalue weighted by molar-refractivity contribution is -0.199. The highest BCUT2D eigenvalue weighted by molar-refractivity contribution is 6.47. The molecule has 1 unspecified atom stereocenters. The van der Waals surface area contributed by atoms with Crippen molar-refractivity contribution in [3.63, 3.8) is 0 Å². The van der Waals surface area contributed by atoms with Crippen LogP contribution in [0.5, 0.6) is 0 Å². The van der Waals surface area contributed by atoms with E-state index in [1.165, 1.54) is 26.2 Å². The smallest absolute Gasteiger partial charge is 0.404 e. The van der Waals surface area contributed by atoms with E-state index in [1.807, 2.05) is 6.92 Å². The van der Waals surface area contributed by atoms with E-state index in [-0.39, 0.29) is 36.8 Å². The highest BCUT2D eigenvalue weighted by atomic mass is 16.7. The monoisotopic (exact) mass is 864 g/mol. The molecule has 0 aromatic rings. The second-order valence-corrected chi connectivity index (χ2v) is 18.0. The predicted molar refractivity (Wildman–Crippen MR) is 228 cm³/mol. The molecule has 346 valence electrons. The van der Waals surface area contributed by atoms with Gasteiger partial charge in [0.05, 0.1) is 30.2 Å². The van der Waals surface area contributed by atoms with Crippen molar-refractivity contribution in [2.45, 2.75) is 186 Å². The summed E-state index contributed by atoms with van der Waals surface area (Å²) in [6.45, 7) is 12.0. The summed E-state index contributed by atoms with van der Waals surface area (Å²) in [4.78, 5) is 90.4. The first-order chi connectivity index (χ1) is 28.7. The largest absolute Gasteiger partial charge is 0.481 e. The zero-order valence-electron chi connectivity index (χ0n) is 37.1. The number of nitrogens with one attached hydrogen (secondary N) is 6. The number of unbranched alkanes of at least 4 members (excludes halogenated alkanes) is 7. The van der Waals surface area contributed by atoms with Crippen molar-refractivity contribution in [1.82, 2.24) is 31.9 Å². The Balaban J connectivity index is 1.52. The van der Waals surface area contributed by atoms with E-state index < -0.39 is 90.9 Å². The highest BCUT2D eigenvalue weighted by Crippen LogP contribution is 2.65. The second-order valence-electron chi connectivity index (χ2n) is 18.0. The van der Waals surface area contributed by atoms with Crippen LogP contribution < -0.4 is 49.1 Å². The van der Waals surface area contributed by atoms with Crippen LogP contribution in [0.1, 0.15) is 138 Å². The summed E-state index contributed by atoms with van der Waals surface area (Å²) in [5.41, 5.74) is 16.6. The topological polar surface area (TPSA) is 308 Å². The van der Waals surface area contributed by atoms with E-state index >= 15 is 0 Å². The van der Waals surface area contributed by atoms with E-state index in [4.69, 9.17) is 26.5 Å². The van der Waals surface area contributed by atoms with E-state index in [0.29, 0.717) is 37.6 Å². The van der Waals surface area contributed by atoms with Crippen LogP contribution >= 0.6 is 0 Å². The zero-order valence-corrected chi connectivity index (χ0v) is 37.1. The summed E-state index contributed by atoms with van der Waals surface area (Å²) in [6, 6.07) is -4.22. The van der Waals surface area contributed by atoms with Crippen molar-refractivity contribution in [2.75, 3.05) is 13.1 Å². The molecule has 1 aliphatic heterocycles. The molecule has 1 heterocycles. The molecular formula is C41H74BN9O10. The molecule has 0 aromatic carbocycles. The summed E-state index contributed by atoms with van der Waals surface area (Å²) < 4.78 is 12.7. The van der Waals surface area contributed by atoms with Crippen molar-refractivity contribution in [3.05, 3.63) is 0 Å². The number of aliphatic hydroxyl groups excluding tert-OH is 1. The maximum Gasteiger partial charge on any atom is 0.481 e. The molecule has 4 fully saturated rings. The van der Waals surface area contributed by atoms with Gasteiger partial charge in [-0.3, -0.25) is 33.6 Å². The van der Waals surface area contributed by atoms with Gasteiger partial charge in [0.25, 0.3) is 5.91 Å². The summed E-state index contributed by atoms with van der Waals surface area (Å²) in [7, 11) is -0.779. The molecule has 10 atom stereocenters. The average molecular weight is 864 g/mol. The number of hydrogen-bond donors (Lipinski definition) is 10. The van der Waals surface area contributed by atoms with Crippen LogP contribution in [0.4, 0.5) is 0 Å². The zero-order chi connectivity index (χ0) is 45.5. The predicted octanol–water partition coefficient (Wildman–Crippen LogP) is -0.354. The van der Waals surface area contributed by atoms with Crippen LogP contribution in [0, 0.1) is 17.3 Å². The third-order valence-corrected chi connectivity index (χ3v) is 12.7. The molecule has 61 heavy (non-hydrogen) atoms. The minimum absolute atomic E-state index is 0.0700. The van der Waals surface area contributed by atoms with Gasteiger partial charge in [0.2, 0.25) is 35.4 Å². The SMILES string of the molecule is CCCCCCCCCC(=O)NCCC(=O)N[C@@H](CCCCN)C(=O)N[C@H](C(=O)N[C@@H](N)C(=O)N[C@@H](CC(N)=O)C(=O)N[C@@H](C)B1OC2C[C@@H]3C[C@@H](C3(C)C)[C@]2(C)O1)[C@@H](C)O. The Bertz CT molecular complexity index is 1520. The first-order valence-corrected chi connectivity index (χ1v) is 22.3. The van der Waals surface area contributed by atoms with Crippen molar-refractivity contribution in [2.24, 2.45) is 34.5 Å². The molecule has 13 N–H and O–H groups in total. The van der Waals surface area contributed by atoms with Gasteiger partial charge in [0.15, 0.2) is 6.17 Å². The molecule has 1 saturated heterocycles. The summed E-state index contributed by atoms with van der Waals surface area (Å²) in [5, 5.41) is 25.6. The van der Waals surface area contributed by atoms with Gasteiger partial charge in [-0.1, -0.05) is 59.3 Å². The second kappa shape index (κ2) is 24.1. The molecule has 19 nitrogen and oxygen atoms in total. The Kier molecular flexibility index (Phi) is 20.4. The van der Waals surface area contributed by atoms with Gasteiger partial charge in [-0.15, -0.1) is 0 Å². The lowest BCUT2D eigenvalue weighted by atomic mass is 9.43. The number of nitrogens with two attached hydrogens (primary N) is 3. The Morgan fingerprint density at radius 1 is 0.770 bits per heavy atom. The van der Waals surface area contributed by atoms with Crippen LogP contribution in [0.2, 0.25) is 0 Å². The fourth-order valence-electron chi connectivity index (χ4n) is 8.82. The van der Waals surface area contributed by atoms with Gasteiger partial charge in [-0.2, -0.15) is 0 Å². The lowest BCUT2D eigenvalue weighted by Gasteiger charge is -2.64. The van der Waals surface area contributed by atoms with Crippen LogP contribution in [0.25, 0.3) is 0 Å². The molecule has 0 aromatic heterocycles. The molecule has 0 radical (unpaired) electrons. The number of rotatable bonds is 28. The molecule has 2 bridgehead atoms. The van der Waals surface area contributed by atoms with Gasteiger partial charge >= 0.3 is 7.12 Å². The van der Waals surface area contributed by atoms with Gasteiger partial charge in [-0.25, -0.2) is 0 Å². The summed E-state index contributed by atoms with van der Waals surface area (Å²) >= 11 is 0. The van der Waals surface area contributed by atoms with E-state index in [2.05, 4.69) is 52.7 Å². The molecule has 3 saturated carbocycles. The lowest BCUT2D eigenvalue weighted by Crippen LogP contribution is -2.65. The van der Waals surface area contributed by atoms with Crippen molar-refractivity contribution in [3.8, 4) is 0 Å². The maximum absolute atomic E-state index is 13.4. The van der Waals surface area contributed by atoms with Crippen LogP contribution in [0.3, 0.4) is 0 Å². The molecule has 0 spiro atoms. The molecule has 20 heteroatoms. The van der Waals surface area contributed by atoms with Crippen LogP contribution in [0.15, 0.2) is 0 Å². The van der Waals surface area contributed by atoms with Gasteiger partial charge in [-0.05, 0) is 83.1 Å². The van der Waals surface area contributed by atoms with E-state index in [0.717, 1.165) is 38.5 Å². The Morgan fingerprint density at radius 3 is 2.05 bits per heavy atom. The minimum atomic E-state index is -1.80. The summed E-state index contributed by atoms with van der Waals surface area (Å²) in [6.07, 6.45) is 6.84. The Hall–Kier alpha value is -3.85. The standard InChI is InChI=1S/C41H74BN9O10/c1-7-8-9-10-11-12-13-17-32(54)46-20-18-33(55)48-27(16-14-15-19-43)36(56)50-34(24(2)52)38(58)51-35(45)39(59)49-28(23-31(44)53)37(57)47-25(3)42-60-30-22-26-21-29(40(26,4)5)41(30,6)61-42/h24-30,34-35,52H,7-23,43,45H2,1-6H3,(H2,44,53)(H,46,54)(H,47,57)(H,48,55)(H,49,59)(H,50,56)(H,51,58)/t24-,25+,26+,27+,28+,29+,30?,34+,35-,41+/m1/s1. The number of primary amides is 1. The Morgan fingerprint density at radius 2 is 1.43 bits per heavy atom. The van der Waals surface area contributed by atoms with Crippen molar-refractivity contribution >= 4 is 48.5 Å². The number of carbonyl (C=O) groups excluding carboxylic acids is 7. The van der Waals surface area contributed by atoms with Gasteiger partial charge in [0.1, 0.15) is 18.1 Å². The molecule has 4 aliphatic rings. The first-order valence-electron chi connectivity index (χ1n) is 22.3. The number of hydrogen-bond acceptors (Lipinski definition) is 12. The fourth-order valence-corrected chi connectivity index (χ4v) is 8.82. The first kappa shape index (κ1) is 51.5. The summed E-state index contributed by atoms with van der Waals surface area (Å²) in [5.74, 6) is -5.09. The highest BCUT2D eigenvalue weighted by Gasteiger charge is 2.68. The third kappa shape index (κ3) is 14.9. The third-order valence-electron chi connectivity index (χ3n) is 12.7. The normalized spacial score (nSPS) is 24.0. The number of aliphatic hydroxyl groups is 1. The molecule has 7 amide bonds. The quantitative estimate of drug-likeness (QED) is 0.0274. The van der Waals surface area contributed by atoms with E-state index in [9.17, 15) is 38.7 Å². The van der Waals surface area contributed by atoms with Crippen molar-refractivity contribution in [1.29, 1.82) is 0 Å². The van der Waals surface area contributed by atoms with Crippen LogP contribution in [-0.2, 0) is 42.9 Å². The number of carbonyl (C=O) groups is 7. The maximum atomic E-state index is 13.4. The fraction of sp³-hybridized carbons (Fsp3) is 0.829. The number of amides is 7.